The number of ketones is 2. The molecule has 0 aromatic heterocycles. The SMILES string of the molecule is COCC1OC(=O)C(=CN(CCN(C)C)Cc2ccccc2)C2C(=O)C(=O)C3=C(C(OC(C)=O)CC4(C)C(O)CCC34)C12C. The number of rotatable bonds is 9. The number of esters is 2. The Morgan fingerprint density at radius 1 is 1.11 bits per heavy atom. The fraction of sp³-hybridized carbons (Fsp3) is 0.588. The van der Waals surface area contributed by atoms with Crippen LogP contribution in [0.2, 0.25) is 0 Å². The van der Waals surface area contributed by atoms with Gasteiger partial charge in [0.2, 0.25) is 11.6 Å². The van der Waals surface area contributed by atoms with Crippen LogP contribution in [0.3, 0.4) is 0 Å². The Labute approximate surface area is 259 Å². The summed E-state index contributed by atoms with van der Waals surface area (Å²) in [4.78, 5) is 58.8. The standard InChI is InChI=1S/C34H44N2O8/c1-20(37)43-24-16-33(2)23(12-13-25(33)38)27-29(24)34(3)26(19-42-6)44-32(41)22(28(34)31(40)30(27)39)18-36(15-14-35(4)5)17-21-10-8-7-9-11-21/h7-11,18,23-26,28,38H,12-17,19H2,1-6H3. The maximum atomic E-state index is 14.4. The minimum Gasteiger partial charge on any atom is -0.458 e. The molecule has 1 N–H and O–H groups in total. The number of hydrogen-bond acceptors (Lipinski definition) is 10. The van der Waals surface area contributed by atoms with Gasteiger partial charge in [0.05, 0.1) is 24.2 Å². The fourth-order valence-electron chi connectivity index (χ4n) is 8.02. The first-order valence-electron chi connectivity index (χ1n) is 15.4. The van der Waals surface area contributed by atoms with Gasteiger partial charge in [-0.25, -0.2) is 4.79 Å². The fourth-order valence-corrected chi connectivity index (χ4v) is 8.02. The van der Waals surface area contributed by atoms with Crippen molar-refractivity contribution in [3.63, 3.8) is 0 Å². The Morgan fingerprint density at radius 2 is 1.82 bits per heavy atom. The van der Waals surface area contributed by atoms with E-state index in [4.69, 9.17) is 14.2 Å². The van der Waals surface area contributed by atoms with Crippen LogP contribution in [0.4, 0.5) is 0 Å². The van der Waals surface area contributed by atoms with Crippen LogP contribution < -0.4 is 0 Å². The summed E-state index contributed by atoms with van der Waals surface area (Å²) < 4.78 is 17.5. The van der Waals surface area contributed by atoms with E-state index in [9.17, 15) is 24.3 Å². The molecule has 0 spiro atoms. The van der Waals surface area contributed by atoms with Gasteiger partial charge < -0.3 is 29.1 Å². The lowest BCUT2D eigenvalue weighted by molar-refractivity contribution is -0.175. The summed E-state index contributed by atoms with van der Waals surface area (Å²) in [6.45, 7) is 6.71. The van der Waals surface area contributed by atoms with E-state index in [1.54, 1.807) is 6.20 Å². The lowest BCUT2D eigenvalue weighted by atomic mass is 9.50. The molecular weight excluding hydrogens is 564 g/mol. The highest BCUT2D eigenvalue weighted by atomic mass is 16.6. The first-order valence-corrected chi connectivity index (χ1v) is 15.4. The van der Waals surface area contributed by atoms with E-state index in [1.165, 1.54) is 14.0 Å². The van der Waals surface area contributed by atoms with E-state index in [2.05, 4.69) is 0 Å². The van der Waals surface area contributed by atoms with E-state index >= 15 is 0 Å². The predicted octanol–water partition coefficient (Wildman–Crippen LogP) is 2.69. The van der Waals surface area contributed by atoms with E-state index in [1.807, 2.05) is 68.1 Å². The predicted molar refractivity (Wildman–Crippen MR) is 161 cm³/mol. The van der Waals surface area contributed by atoms with Crippen LogP contribution in [0.15, 0.2) is 53.3 Å². The molecule has 10 heteroatoms. The molecule has 1 aromatic carbocycles. The van der Waals surface area contributed by atoms with Gasteiger partial charge in [-0.1, -0.05) is 44.2 Å². The van der Waals surface area contributed by atoms with E-state index in [0.29, 0.717) is 43.6 Å². The monoisotopic (exact) mass is 608 g/mol. The second kappa shape index (κ2) is 12.2. The molecule has 1 heterocycles. The van der Waals surface area contributed by atoms with Crippen molar-refractivity contribution in [3.05, 3.63) is 58.8 Å². The Morgan fingerprint density at radius 3 is 2.45 bits per heavy atom. The topological polar surface area (TPSA) is 123 Å². The molecule has 0 bridgehead atoms. The smallest absolute Gasteiger partial charge is 0.336 e. The van der Waals surface area contributed by atoms with Crippen molar-refractivity contribution in [2.45, 2.75) is 64.9 Å². The van der Waals surface area contributed by atoms with Gasteiger partial charge in [0.1, 0.15) is 12.2 Å². The van der Waals surface area contributed by atoms with Crippen molar-refractivity contribution in [1.29, 1.82) is 0 Å². The highest BCUT2D eigenvalue weighted by molar-refractivity contribution is 6.47. The summed E-state index contributed by atoms with van der Waals surface area (Å²) in [5.41, 5.74) is -0.0483. The summed E-state index contributed by atoms with van der Waals surface area (Å²) in [5, 5.41) is 11.0. The van der Waals surface area contributed by atoms with E-state index in [0.717, 1.165) is 5.56 Å². The number of methoxy groups -OCH3 is 1. The molecule has 1 aliphatic heterocycles. The lowest BCUT2D eigenvalue weighted by Gasteiger charge is -2.56. The quantitative estimate of drug-likeness (QED) is 0.254. The molecule has 0 amide bonds. The van der Waals surface area contributed by atoms with Crippen LogP contribution in [0.25, 0.3) is 0 Å². The van der Waals surface area contributed by atoms with Crippen LogP contribution in [0, 0.1) is 22.7 Å². The van der Waals surface area contributed by atoms with Crippen molar-refractivity contribution < 1.29 is 38.5 Å². The zero-order chi connectivity index (χ0) is 32.0. The van der Waals surface area contributed by atoms with Gasteiger partial charge in [-0.3, -0.25) is 14.4 Å². The van der Waals surface area contributed by atoms with Crippen LogP contribution in [-0.2, 0) is 39.9 Å². The number of carbonyl (C=O) groups is 4. The summed E-state index contributed by atoms with van der Waals surface area (Å²) in [7, 11) is 5.40. The highest BCUT2D eigenvalue weighted by Crippen LogP contribution is 2.63. The molecule has 44 heavy (non-hydrogen) atoms. The third-order valence-corrected chi connectivity index (χ3v) is 10.3. The first-order chi connectivity index (χ1) is 20.8. The molecule has 1 saturated heterocycles. The zero-order valence-corrected chi connectivity index (χ0v) is 26.5. The number of hydrogen-bond donors (Lipinski definition) is 1. The molecule has 10 nitrogen and oxygen atoms in total. The Hall–Kier alpha value is -3.34. The van der Waals surface area contributed by atoms with Crippen molar-refractivity contribution in [2.75, 3.05) is 40.9 Å². The molecule has 5 rings (SSSR count). The number of nitrogens with zero attached hydrogens (tertiary/aromatic N) is 2. The number of carbonyl (C=O) groups excluding carboxylic acids is 4. The molecule has 1 aromatic rings. The summed E-state index contributed by atoms with van der Waals surface area (Å²) in [5.74, 6) is -4.13. The normalized spacial score (nSPS) is 34.0. The maximum absolute atomic E-state index is 14.4. The number of likely N-dealkylation sites (N-methyl/N-ethyl adjacent to an activating group) is 1. The number of aliphatic hydroxyl groups is 1. The average molecular weight is 609 g/mol. The van der Waals surface area contributed by atoms with Gasteiger partial charge in [-0.2, -0.15) is 0 Å². The highest BCUT2D eigenvalue weighted by Gasteiger charge is 2.67. The summed E-state index contributed by atoms with van der Waals surface area (Å²) in [6, 6.07) is 9.80. The molecule has 238 valence electrons. The Balaban J connectivity index is 1.69. The van der Waals surface area contributed by atoms with Gasteiger partial charge in [-0.05, 0) is 50.4 Å². The van der Waals surface area contributed by atoms with Crippen LogP contribution in [0.1, 0.15) is 45.6 Å². The van der Waals surface area contributed by atoms with Gasteiger partial charge in [0.15, 0.2) is 0 Å². The molecule has 2 fully saturated rings. The Kier molecular flexibility index (Phi) is 8.90. The molecule has 4 aliphatic rings. The number of ether oxygens (including phenoxy) is 3. The molecule has 3 aliphatic carbocycles. The number of fused-ring (bicyclic) bond motifs is 4. The van der Waals surface area contributed by atoms with Gasteiger partial charge >= 0.3 is 11.9 Å². The second-order valence-electron chi connectivity index (χ2n) is 13.4. The van der Waals surface area contributed by atoms with Crippen molar-refractivity contribution in [3.8, 4) is 0 Å². The van der Waals surface area contributed by atoms with Crippen molar-refractivity contribution in [2.24, 2.45) is 22.7 Å². The number of benzene rings is 1. The van der Waals surface area contributed by atoms with E-state index in [-0.39, 0.29) is 18.6 Å². The minimum absolute atomic E-state index is 0.0179. The summed E-state index contributed by atoms with van der Waals surface area (Å²) >= 11 is 0. The lowest BCUT2D eigenvalue weighted by Crippen LogP contribution is -2.63. The first kappa shape index (κ1) is 32.1. The van der Waals surface area contributed by atoms with Crippen LogP contribution >= 0.6 is 0 Å². The number of allylic oxidation sites excluding steroid dienone is 1. The maximum Gasteiger partial charge on any atom is 0.336 e. The third kappa shape index (κ3) is 5.41. The van der Waals surface area contributed by atoms with Crippen molar-refractivity contribution in [1.82, 2.24) is 9.80 Å². The zero-order valence-electron chi connectivity index (χ0n) is 26.5. The van der Waals surface area contributed by atoms with Gasteiger partial charge in [0.25, 0.3) is 0 Å². The minimum atomic E-state index is -1.23. The van der Waals surface area contributed by atoms with E-state index < -0.39 is 64.5 Å². The summed E-state index contributed by atoms with van der Waals surface area (Å²) in [6.07, 6.45) is 0.441. The van der Waals surface area contributed by atoms with Crippen molar-refractivity contribution >= 4 is 23.5 Å². The Bertz CT molecular complexity index is 1390. The number of cyclic esters (lactones) is 1. The largest absolute Gasteiger partial charge is 0.458 e. The molecular formula is C34H44N2O8. The van der Waals surface area contributed by atoms with Gasteiger partial charge in [-0.15, -0.1) is 0 Å². The molecule has 7 atom stereocenters. The van der Waals surface area contributed by atoms with Crippen LogP contribution in [0.5, 0.6) is 0 Å². The van der Waals surface area contributed by atoms with Gasteiger partial charge in [0, 0.05) is 56.3 Å². The molecule has 1 saturated carbocycles. The molecule has 7 unspecified atom stereocenters. The second-order valence-corrected chi connectivity index (χ2v) is 13.4. The number of Topliss-reactive ketones (excluding diaryl/α,β-unsaturated/α-hetero) is 2. The number of aliphatic hydroxyl groups excluding tert-OH is 1. The average Bonchev–Trinajstić information content (AvgIpc) is 3.26. The van der Waals surface area contributed by atoms with Crippen LogP contribution in [-0.4, -0.2) is 97.6 Å². The molecule has 0 radical (unpaired) electrons. The third-order valence-electron chi connectivity index (χ3n) is 10.3.